The standard InChI is InChI=1S/C26H34O12/c1-34-18-8-13(3-5-16(18)29)25-14(9-27)15(11-36-25)21(30)12-4-6-17(19(7-12)35-2)37-26-24(33)23(32)22(31)20(10-28)38-26/h3-8,14-15,20-33H,9-11H2,1-2H3/t14-,15+,20+,21+,22+,23-,24+,25+,26+/m0/s1. The van der Waals surface area contributed by atoms with E-state index in [2.05, 4.69) is 0 Å². The van der Waals surface area contributed by atoms with Gasteiger partial charge in [-0.3, -0.25) is 0 Å². The summed E-state index contributed by atoms with van der Waals surface area (Å²) in [5.41, 5.74) is 1.15. The van der Waals surface area contributed by atoms with Crippen LogP contribution in [-0.2, 0) is 9.47 Å². The Morgan fingerprint density at radius 1 is 0.895 bits per heavy atom. The third kappa shape index (κ3) is 5.40. The number of aliphatic hydroxyl groups is 6. The minimum Gasteiger partial charge on any atom is -0.504 e. The number of aromatic hydroxyl groups is 1. The molecule has 2 aliphatic rings. The first-order chi connectivity index (χ1) is 18.2. The van der Waals surface area contributed by atoms with Gasteiger partial charge in [-0.25, -0.2) is 0 Å². The topological polar surface area (TPSA) is 188 Å². The van der Waals surface area contributed by atoms with Gasteiger partial charge in [-0.15, -0.1) is 0 Å². The van der Waals surface area contributed by atoms with Gasteiger partial charge in [-0.1, -0.05) is 12.1 Å². The number of hydrogen-bond acceptors (Lipinski definition) is 12. The van der Waals surface area contributed by atoms with Crippen LogP contribution in [0.1, 0.15) is 23.3 Å². The molecule has 0 unspecified atom stereocenters. The smallest absolute Gasteiger partial charge is 0.229 e. The van der Waals surface area contributed by atoms with Gasteiger partial charge in [0.05, 0.1) is 39.6 Å². The highest BCUT2D eigenvalue weighted by Gasteiger charge is 2.45. The monoisotopic (exact) mass is 538 g/mol. The lowest BCUT2D eigenvalue weighted by Gasteiger charge is -2.39. The summed E-state index contributed by atoms with van der Waals surface area (Å²) in [5.74, 6) is -0.376. The molecule has 2 aromatic rings. The Morgan fingerprint density at radius 2 is 1.63 bits per heavy atom. The van der Waals surface area contributed by atoms with Gasteiger partial charge in [0.25, 0.3) is 0 Å². The summed E-state index contributed by atoms with van der Waals surface area (Å²) < 4.78 is 27.6. The number of rotatable bonds is 9. The zero-order valence-corrected chi connectivity index (χ0v) is 21.0. The van der Waals surface area contributed by atoms with E-state index in [1.165, 1.54) is 32.4 Å². The minimum absolute atomic E-state index is 0.0236. The molecule has 0 aromatic heterocycles. The number of methoxy groups -OCH3 is 2. The van der Waals surface area contributed by atoms with Crippen molar-refractivity contribution in [3.05, 3.63) is 47.5 Å². The van der Waals surface area contributed by atoms with E-state index in [0.717, 1.165) is 0 Å². The van der Waals surface area contributed by atoms with E-state index in [1.807, 2.05) is 0 Å². The molecule has 7 N–H and O–H groups in total. The van der Waals surface area contributed by atoms with Crippen molar-refractivity contribution in [1.82, 2.24) is 0 Å². The van der Waals surface area contributed by atoms with Crippen LogP contribution in [0.2, 0.25) is 0 Å². The quantitative estimate of drug-likeness (QED) is 0.220. The zero-order chi connectivity index (χ0) is 27.6. The van der Waals surface area contributed by atoms with Crippen LogP contribution >= 0.6 is 0 Å². The highest BCUT2D eigenvalue weighted by Crippen LogP contribution is 2.46. The van der Waals surface area contributed by atoms with Crippen LogP contribution in [0.3, 0.4) is 0 Å². The largest absolute Gasteiger partial charge is 0.504 e. The SMILES string of the molecule is COc1cc([C@H]2OC[C@@H]([C@H](O)c3ccc(O[C@@H]4O[C@H](CO)[C@@H](O)[C@H](O)[C@H]4O)c(OC)c3)[C@@H]2CO)ccc1O. The molecule has 0 radical (unpaired) electrons. The van der Waals surface area contributed by atoms with Crippen molar-refractivity contribution in [3.8, 4) is 23.0 Å². The van der Waals surface area contributed by atoms with E-state index in [4.69, 9.17) is 23.7 Å². The summed E-state index contributed by atoms with van der Waals surface area (Å²) in [5, 5.41) is 70.9. The van der Waals surface area contributed by atoms with Gasteiger partial charge in [-0.05, 0) is 35.4 Å². The molecule has 2 fully saturated rings. The number of benzene rings is 2. The molecule has 0 spiro atoms. The predicted octanol–water partition coefficient (Wildman–Crippen LogP) is -0.382. The second-order valence-electron chi connectivity index (χ2n) is 9.37. The molecule has 0 aliphatic carbocycles. The highest BCUT2D eigenvalue weighted by atomic mass is 16.7. The van der Waals surface area contributed by atoms with Gasteiger partial charge in [0, 0.05) is 18.4 Å². The summed E-state index contributed by atoms with van der Waals surface area (Å²) in [4.78, 5) is 0. The molecule has 38 heavy (non-hydrogen) atoms. The number of phenols is 1. The first kappa shape index (κ1) is 28.3. The van der Waals surface area contributed by atoms with Gasteiger partial charge in [0.2, 0.25) is 6.29 Å². The molecule has 12 nitrogen and oxygen atoms in total. The molecule has 2 saturated heterocycles. The van der Waals surface area contributed by atoms with Crippen molar-refractivity contribution >= 4 is 0 Å². The normalized spacial score (nSPS) is 32.1. The molecule has 4 rings (SSSR count). The fraction of sp³-hybridized carbons (Fsp3) is 0.538. The molecule has 0 amide bonds. The maximum Gasteiger partial charge on any atom is 0.229 e. The van der Waals surface area contributed by atoms with Crippen LogP contribution < -0.4 is 14.2 Å². The summed E-state index contributed by atoms with van der Waals surface area (Å²) >= 11 is 0. The maximum atomic E-state index is 11.2. The molecule has 2 aliphatic heterocycles. The molecule has 2 aromatic carbocycles. The Balaban J connectivity index is 1.52. The molecule has 0 bridgehead atoms. The number of hydrogen-bond donors (Lipinski definition) is 7. The van der Waals surface area contributed by atoms with E-state index < -0.39 is 61.4 Å². The number of aliphatic hydroxyl groups excluding tert-OH is 6. The highest BCUT2D eigenvalue weighted by molar-refractivity contribution is 5.45. The maximum absolute atomic E-state index is 11.2. The Hall–Kier alpha value is -2.68. The zero-order valence-electron chi connectivity index (χ0n) is 21.0. The van der Waals surface area contributed by atoms with E-state index in [1.54, 1.807) is 18.2 Å². The van der Waals surface area contributed by atoms with E-state index in [0.29, 0.717) is 11.1 Å². The minimum atomic E-state index is -1.60. The third-order valence-corrected chi connectivity index (χ3v) is 7.18. The number of phenolic OH excluding ortho intramolecular Hbond substituents is 1. The average molecular weight is 539 g/mol. The Bertz CT molecular complexity index is 1080. The van der Waals surface area contributed by atoms with Crippen LogP contribution in [0.5, 0.6) is 23.0 Å². The van der Waals surface area contributed by atoms with Crippen molar-refractivity contribution in [2.45, 2.75) is 42.9 Å². The Labute approximate surface area is 219 Å². The fourth-order valence-corrected chi connectivity index (χ4v) is 4.96. The van der Waals surface area contributed by atoms with Crippen molar-refractivity contribution in [1.29, 1.82) is 0 Å². The van der Waals surface area contributed by atoms with Crippen LogP contribution in [0.15, 0.2) is 36.4 Å². The first-order valence-electron chi connectivity index (χ1n) is 12.2. The van der Waals surface area contributed by atoms with Crippen LogP contribution in [0.4, 0.5) is 0 Å². The first-order valence-corrected chi connectivity index (χ1v) is 12.2. The third-order valence-electron chi connectivity index (χ3n) is 7.18. The second-order valence-corrected chi connectivity index (χ2v) is 9.37. The molecule has 210 valence electrons. The molecule has 12 heteroatoms. The van der Waals surface area contributed by atoms with Gasteiger partial charge < -0.3 is 59.4 Å². The van der Waals surface area contributed by atoms with Crippen molar-refractivity contribution < 1.29 is 59.4 Å². The van der Waals surface area contributed by atoms with Crippen molar-refractivity contribution in [2.75, 3.05) is 34.0 Å². The lowest BCUT2D eigenvalue weighted by atomic mass is 9.82. The Kier molecular flexibility index (Phi) is 8.96. The van der Waals surface area contributed by atoms with E-state index in [-0.39, 0.29) is 36.2 Å². The van der Waals surface area contributed by atoms with E-state index in [9.17, 15) is 35.7 Å². The van der Waals surface area contributed by atoms with Gasteiger partial charge in [-0.2, -0.15) is 0 Å². The molecule has 2 heterocycles. The summed E-state index contributed by atoms with van der Waals surface area (Å²) in [7, 11) is 2.82. The average Bonchev–Trinajstić information content (AvgIpc) is 3.37. The van der Waals surface area contributed by atoms with Crippen molar-refractivity contribution in [2.24, 2.45) is 11.8 Å². The molecular weight excluding hydrogens is 504 g/mol. The van der Waals surface area contributed by atoms with E-state index >= 15 is 0 Å². The van der Waals surface area contributed by atoms with Crippen LogP contribution in [0.25, 0.3) is 0 Å². The second kappa shape index (κ2) is 12.0. The fourth-order valence-electron chi connectivity index (χ4n) is 4.96. The molecule has 9 atom stereocenters. The molecule has 0 saturated carbocycles. The van der Waals surface area contributed by atoms with Gasteiger partial charge >= 0.3 is 0 Å². The van der Waals surface area contributed by atoms with Gasteiger partial charge in [0.1, 0.15) is 24.4 Å². The predicted molar refractivity (Wildman–Crippen MR) is 130 cm³/mol. The Morgan fingerprint density at radius 3 is 2.29 bits per heavy atom. The van der Waals surface area contributed by atoms with Gasteiger partial charge in [0.15, 0.2) is 23.0 Å². The van der Waals surface area contributed by atoms with Crippen molar-refractivity contribution in [3.63, 3.8) is 0 Å². The summed E-state index contributed by atoms with van der Waals surface area (Å²) in [6, 6.07) is 9.40. The summed E-state index contributed by atoms with van der Waals surface area (Å²) in [6.07, 6.45) is -8.84. The molecular formula is C26H34O12. The summed E-state index contributed by atoms with van der Waals surface area (Å²) in [6.45, 7) is -0.697. The van der Waals surface area contributed by atoms with Crippen LogP contribution in [-0.4, -0.2) is 100 Å². The lowest BCUT2D eigenvalue weighted by Crippen LogP contribution is -2.60. The van der Waals surface area contributed by atoms with Crippen LogP contribution in [0, 0.1) is 11.8 Å². The number of ether oxygens (including phenoxy) is 5. The lowest BCUT2D eigenvalue weighted by molar-refractivity contribution is -0.277.